The van der Waals surface area contributed by atoms with Crippen molar-refractivity contribution in [3.05, 3.63) is 47.5 Å². The van der Waals surface area contributed by atoms with Gasteiger partial charge in [-0.05, 0) is 26.0 Å². The summed E-state index contributed by atoms with van der Waals surface area (Å²) in [6, 6.07) is 1.34. The van der Waals surface area contributed by atoms with E-state index in [1.165, 1.54) is 18.2 Å². The lowest BCUT2D eigenvalue weighted by molar-refractivity contribution is -0.141. The molecule has 1 aromatic rings. The molecule has 0 aromatic carbocycles. The Kier molecular flexibility index (Phi) is 5.58. The number of aliphatic hydroxyl groups excluding tert-OH is 2. The molecular weight excluding hydrogens is 316 g/mol. The van der Waals surface area contributed by atoms with Crippen molar-refractivity contribution in [2.45, 2.75) is 38.6 Å². The zero-order valence-corrected chi connectivity index (χ0v) is 13.5. The molecule has 0 saturated carbocycles. The SMILES string of the molecule is C=CC1=C[C@H](C[C@H](O)[C@H](O)c2cc(C(=O)OCC)c(C)o2)OC1=O. The van der Waals surface area contributed by atoms with Crippen LogP contribution in [-0.2, 0) is 14.3 Å². The Morgan fingerprint density at radius 1 is 1.50 bits per heavy atom. The van der Waals surface area contributed by atoms with Crippen molar-refractivity contribution in [2.75, 3.05) is 6.61 Å². The lowest BCUT2D eigenvalue weighted by Crippen LogP contribution is -2.24. The van der Waals surface area contributed by atoms with Gasteiger partial charge in [0.15, 0.2) is 0 Å². The lowest BCUT2D eigenvalue weighted by atomic mass is 10.0. The molecule has 0 fully saturated rings. The molecule has 1 aromatic heterocycles. The van der Waals surface area contributed by atoms with Gasteiger partial charge in [-0.1, -0.05) is 12.7 Å². The average Bonchev–Trinajstić information content (AvgIpc) is 3.09. The van der Waals surface area contributed by atoms with E-state index in [1.807, 2.05) is 0 Å². The third kappa shape index (κ3) is 3.74. The molecule has 0 unspecified atom stereocenters. The minimum atomic E-state index is -1.37. The summed E-state index contributed by atoms with van der Waals surface area (Å²) in [7, 11) is 0. The normalized spacial score (nSPS) is 19.4. The van der Waals surface area contributed by atoms with Gasteiger partial charge in [-0.2, -0.15) is 0 Å². The minimum Gasteiger partial charge on any atom is -0.463 e. The molecule has 0 spiro atoms. The summed E-state index contributed by atoms with van der Waals surface area (Å²) < 4.78 is 15.3. The number of furan rings is 1. The van der Waals surface area contributed by atoms with E-state index in [0.717, 1.165) is 0 Å². The van der Waals surface area contributed by atoms with E-state index in [9.17, 15) is 19.8 Å². The molecule has 24 heavy (non-hydrogen) atoms. The smallest absolute Gasteiger partial charge is 0.341 e. The molecule has 130 valence electrons. The topological polar surface area (TPSA) is 106 Å². The Balaban J connectivity index is 2.06. The van der Waals surface area contributed by atoms with Crippen molar-refractivity contribution in [2.24, 2.45) is 0 Å². The third-order valence-electron chi connectivity index (χ3n) is 3.64. The van der Waals surface area contributed by atoms with Gasteiger partial charge in [0.25, 0.3) is 0 Å². The van der Waals surface area contributed by atoms with Crippen LogP contribution in [0.5, 0.6) is 0 Å². The average molecular weight is 336 g/mol. The summed E-state index contributed by atoms with van der Waals surface area (Å²) in [6.07, 6.45) is -0.389. The minimum absolute atomic E-state index is 0.0151. The Bertz CT molecular complexity index is 670. The molecule has 3 atom stereocenters. The number of aliphatic hydroxyl groups is 2. The number of esters is 2. The van der Waals surface area contributed by atoms with E-state index >= 15 is 0 Å². The first kappa shape index (κ1) is 18.0. The highest BCUT2D eigenvalue weighted by molar-refractivity contribution is 5.93. The van der Waals surface area contributed by atoms with Crippen molar-refractivity contribution < 1.29 is 33.7 Å². The number of aryl methyl sites for hydroxylation is 1. The predicted octanol–water partition coefficient (Wildman–Crippen LogP) is 1.59. The Labute approximate surface area is 139 Å². The van der Waals surface area contributed by atoms with Gasteiger partial charge < -0.3 is 24.1 Å². The number of carbonyl (C=O) groups is 2. The Hall–Kier alpha value is -2.38. The van der Waals surface area contributed by atoms with Crippen molar-refractivity contribution >= 4 is 11.9 Å². The Morgan fingerprint density at radius 2 is 2.21 bits per heavy atom. The highest BCUT2D eigenvalue weighted by atomic mass is 16.5. The van der Waals surface area contributed by atoms with Crippen LogP contribution in [0.15, 0.2) is 34.8 Å². The molecule has 0 amide bonds. The maximum atomic E-state index is 11.8. The third-order valence-corrected chi connectivity index (χ3v) is 3.64. The fourth-order valence-corrected chi connectivity index (χ4v) is 2.39. The van der Waals surface area contributed by atoms with Gasteiger partial charge in [-0.25, -0.2) is 9.59 Å². The van der Waals surface area contributed by atoms with Gasteiger partial charge in [0.05, 0.1) is 18.3 Å². The van der Waals surface area contributed by atoms with Gasteiger partial charge in [-0.3, -0.25) is 0 Å². The highest BCUT2D eigenvalue weighted by Gasteiger charge is 2.31. The first-order valence-corrected chi connectivity index (χ1v) is 7.56. The van der Waals surface area contributed by atoms with E-state index < -0.39 is 30.3 Å². The molecule has 0 saturated heterocycles. The van der Waals surface area contributed by atoms with E-state index in [2.05, 4.69) is 6.58 Å². The first-order chi connectivity index (χ1) is 11.4. The number of rotatable bonds is 7. The second-order valence-electron chi connectivity index (χ2n) is 5.36. The van der Waals surface area contributed by atoms with Crippen molar-refractivity contribution in [1.29, 1.82) is 0 Å². The van der Waals surface area contributed by atoms with Crippen LogP contribution < -0.4 is 0 Å². The van der Waals surface area contributed by atoms with Gasteiger partial charge in [0.2, 0.25) is 0 Å². The number of ether oxygens (including phenoxy) is 2. The highest BCUT2D eigenvalue weighted by Crippen LogP contribution is 2.27. The van der Waals surface area contributed by atoms with Crippen LogP contribution in [-0.4, -0.2) is 41.0 Å². The van der Waals surface area contributed by atoms with Crippen LogP contribution in [0, 0.1) is 6.92 Å². The quantitative estimate of drug-likeness (QED) is 0.728. The number of cyclic esters (lactones) is 1. The molecule has 7 nitrogen and oxygen atoms in total. The maximum Gasteiger partial charge on any atom is 0.341 e. The monoisotopic (exact) mass is 336 g/mol. The zero-order valence-electron chi connectivity index (χ0n) is 13.5. The van der Waals surface area contributed by atoms with E-state index in [4.69, 9.17) is 13.9 Å². The van der Waals surface area contributed by atoms with Crippen LogP contribution in [0.2, 0.25) is 0 Å². The molecule has 0 bridgehead atoms. The predicted molar refractivity (Wildman–Crippen MR) is 83.1 cm³/mol. The van der Waals surface area contributed by atoms with E-state index in [-0.39, 0.29) is 30.1 Å². The molecule has 0 aliphatic carbocycles. The molecular formula is C17H20O7. The summed E-state index contributed by atoms with van der Waals surface area (Å²) in [5, 5.41) is 20.4. The molecule has 7 heteroatoms. The number of hydrogen-bond acceptors (Lipinski definition) is 7. The Morgan fingerprint density at radius 3 is 2.79 bits per heavy atom. The summed E-state index contributed by atoms with van der Waals surface area (Å²) in [4.78, 5) is 23.2. The molecule has 2 heterocycles. The van der Waals surface area contributed by atoms with Crippen LogP contribution in [0.3, 0.4) is 0 Å². The number of hydrogen-bond donors (Lipinski definition) is 2. The van der Waals surface area contributed by atoms with Crippen molar-refractivity contribution in [3.8, 4) is 0 Å². The molecule has 1 aliphatic heterocycles. The zero-order chi connectivity index (χ0) is 17.9. The largest absolute Gasteiger partial charge is 0.463 e. The van der Waals surface area contributed by atoms with Crippen LogP contribution in [0.1, 0.15) is 41.3 Å². The van der Waals surface area contributed by atoms with Crippen LogP contribution in [0.4, 0.5) is 0 Å². The summed E-state index contributed by atoms with van der Waals surface area (Å²) >= 11 is 0. The van der Waals surface area contributed by atoms with Gasteiger partial charge in [0.1, 0.15) is 29.3 Å². The summed E-state index contributed by atoms with van der Waals surface area (Å²) in [6.45, 7) is 6.95. The van der Waals surface area contributed by atoms with Gasteiger partial charge in [-0.15, -0.1) is 0 Å². The fraction of sp³-hybridized carbons (Fsp3) is 0.412. The van der Waals surface area contributed by atoms with Gasteiger partial charge >= 0.3 is 11.9 Å². The van der Waals surface area contributed by atoms with E-state index in [0.29, 0.717) is 5.57 Å². The summed E-state index contributed by atoms with van der Waals surface area (Å²) in [5.41, 5.74) is 0.513. The molecule has 2 rings (SSSR count). The second-order valence-corrected chi connectivity index (χ2v) is 5.36. The van der Waals surface area contributed by atoms with Crippen molar-refractivity contribution in [1.82, 2.24) is 0 Å². The van der Waals surface area contributed by atoms with Gasteiger partial charge in [0, 0.05) is 6.42 Å². The first-order valence-electron chi connectivity index (χ1n) is 7.56. The summed E-state index contributed by atoms with van der Waals surface area (Å²) in [5.74, 6) is -0.749. The fourth-order valence-electron chi connectivity index (χ4n) is 2.39. The van der Waals surface area contributed by atoms with E-state index in [1.54, 1.807) is 13.8 Å². The van der Waals surface area contributed by atoms with Crippen LogP contribution in [0.25, 0.3) is 0 Å². The second kappa shape index (κ2) is 7.46. The lowest BCUT2D eigenvalue weighted by Gasteiger charge is -2.18. The molecule has 2 N–H and O–H groups in total. The van der Waals surface area contributed by atoms with Crippen LogP contribution >= 0.6 is 0 Å². The van der Waals surface area contributed by atoms with Crippen molar-refractivity contribution in [3.63, 3.8) is 0 Å². The molecule has 1 aliphatic rings. The number of carbonyl (C=O) groups excluding carboxylic acids is 2. The molecule has 0 radical (unpaired) electrons. The maximum absolute atomic E-state index is 11.8. The standard InChI is InChI=1S/C17H20O7/c1-4-10-6-11(24-16(10)20)7-13(18)15(19)14-8-12(9(3)23-14)17(21)22-5-2/h4,6,8,11,13,15,18-19H,1,5,7H2,2-3H3/t11-,13+,15+/m1/s1.